The van der Waals surface area contributed by atoms with Gasteiger partial charge < -0.3 is 0 Å². The van der Waals surface area contributed by atoms with Crippen molar-refractivity contribution in [2.75, 3.05) is 0 Å². The van der Waals surface area contributed by atoms with Crippen molar-refractivity contribution in [1.82, 2.24) is 0 Å². The molecule has 1 heterocycles. The summed E-state index contributed by atoms with van der Waals surface area (Å²) in [6, 6.07) is 23.1. The summed E-state index contributed by atoms with van der Waals surface area (Å²) < 4.78 is 37.4. The number of hydrogen-bond donors (Lipinski definition) is 0. The Kier molecular flexibility index (Phi) is 5.50. The lowest BCUT2D eigenvalue weighted by Crippen LogP contribution is -1.98. The monoisotopic (exact) mass is 411 g/mol. The van der Waals surface area contributed by atoms with Crippen LogP contribution in [0.15, 0.2) is 82.7 Å². The maximum atomic E-state index is 12.5. The molecule has 3 aromatic rings. The zero-order valence-corrected chi connectivity index (χ0v) is 16.7. The summed E-state index contributed by atoms with van der Waals surface area (Å²) in [6.07, 6.45) is 1.96. The molecule has 0 spiro atoms. The van der Waals surface area contributed by atoms with Gasteiger partial charge in [-0.25, -0.2) is 0 Å². The second-order valence-corrected chi connectivity index (χ2v) is 8.28. The number of hydrogen-bond acceptors (Lipinski definition) is 2. The van der Waals surface area contributed by atoms with E-state index in [-0.39, 0.29) is 22.7 Å². The summed E-state index contributed by atoms with van der Waals surface area (Å²) in [5.41, 5.74) is 2.42. The third-order valence-electron chi connectivity index (χ3n) is 5.14. The third kappa shape index (κ3) is 4.73. The molecule has 0 fully saturated rings. The minimum Gasteiger partial charge on any atom is -0.281 e. The second kappa shape index (κ2) is 8.07. The molecule has 1 unspecified atom stereocenters. The predicted molar refractivity (Wildman–Crippen MR) is 113 cm³/mol. The molecule has 29 heavy (non-hydrogen) atoms. The minimum absolute atomic E-state index is 0.0916. The summed E-state index contributed by atoms with van der Waals surface area (Å²) >= 11 is -0.0916. The second-order valence-electron chi connectivity index (χ2n) is 7.14. The van der Waals surface area contributed by atoms with Gasteiger partial charge in [-0.15, -0.1) is 0 Å². The molecule has 3 aromatic carbocycles. The van der Waals surface area contributed by atoms with Gasteiger partial charge in [-0.2, -0.15) is 13.2 Å². The van der Waals surface area contributed by atoms with E-state index in [1.165, 1.54) is 28.8 Å². The standard InChI is InChI=1S/C24H20F3NS/c1-16-4-2-3-5-21(16)23-15-14-22(28-23)19-8-6-17(7-9-19)18-10-12-20(13-11-18)29-24(25,26)27/h2-13,22H,14-15H2,1H3. The van der Waals surface area contributed by atoms with Gasteiger partial charge in [-0.3, -0.25) is 4.99 Å². The number of thioether (sulfide) groups is 1. The molecule has 0 aliphatic carbocycles. The molecule has 0 aromatic heterocycles. The molecule has 1 aliphatic heterocycles. The SMILES string of the molecule is Cc1ccccc1C1=NC(c2ccc(-c3ccc(SC(F)(F)F)cc3)cc2)CC1. The van der Waals surface area contributed by atoms with Crippen LogP contribution < -0.4 is 0 Å². The summed E-state index contributed by atoms with van der Waals surface area (Å²) in [5, 5.41) is 0. The lowest BCUT2D eigenvalue weighted by Gasteiger charge is -2.10. The van der Waals surface area contributed by atoms with Gasteiger partial charge in [-0.05, 0) is 71.5 Å². The van der Waals surface area contributed by atoms with Gasteiger partial charge >= 0.3 is 5.51 Å². The predicted octanol–water partition coefficient (Wildman–Crippen LogP) is 7.60. The molecule has 0 radical (unpaired) electrons. The van der Waals surface area contributed by atoms with E-state index in [4.69, 9.17) is 4.99 Å². The van der Waals surface area contributed by atoms with E-state index in [1.54, 1.807) is 12.1 Å². The lowest BCUT2D eigenvalue weighted by atomic mass is 9.99. The third-order valence-corrected chi connectivity index (χ3v) is 5.88. The van der Waals surface area contributed by atoms with Crippen molar-refractivity contribution < 1.29 is 13.2 Å². The fourth-order valence-corrected chi connectivity index (χ4v) is 4.22. The normalized spacial score (nSPS) is 16.7. The lowest BCUT2D eigenvalue weighted by molar-refractivity contribution is -0.0328. The molecule has 0 bridgehead atoms. The Labute approximate surface area is 172 Å². The maximum Gasteiger partial charge on any atom is 0.446 e. The highest BCUT2D eigenvalue weighted by Gasteiger charge is 2.29. The fourth-order valence-electron chi connectivity index (χ4n) is 3.68. The first-order valence-corrected chi connectivity index (χ1v) is 10.3. The van der Waals surface area contributed by atoms with Crippen molar-refractivity contribution in [2.24, 2.45) is 4.99 Å². The van der Waals surface area contributed by atoms with Crippen molar-refractivity contribution in [3.8, 4) is 11.1 Å². The summed E-state index contributed by atoms with van der Waals surface area (Å²) in [4.78, 5) is 5.14. The average molecular weight is 411 g/mol. The van der Waals surface area contributed by atoms with Crippen LogP contribution in [0.5, 0.6) is 0 Å². The summed E-state index contributed by atoms with van der Waals surface area (Å²) in [6.45, 7) is 2.11. The summed E-state index contributed by atoms with van der Waals surface area (Å²) in [7, 11) is 0. The first kappa shape index (κ1) is 19.8. The van der Waals surface area contributed by atoms with E-state index in [0.29, 0.717) is 0 Å². The van der Waals surface area contributed by atoms with Crippen LogP contribution in [0.2, 0.25) is 0 Å². The van der Waals surface area contributed by atoms with Gasteiger partial charge in [0.25, 0.3) is 0 Å². The van der Waals surface area contributed by atoms with Gasteiger partial charge in [0, 0.05) is 10.6 Å². The Bertz CT molecular complexity index is 1020. The Balaban J connectivity index is 1.49. The number of aliphatic imine (C=N–C) groups is 1. The Hall–Kier alpha value is -2.53. The number of rotatable bonds is 4. The van der Waals surface area contributed by atoms with Crippen LogP contribution in [0.4, 0.5) is 13.2 Å². The van der Waals surface area contributed by atoms with Crippen LogP contribution in [-0.2, 0) is 0 Å². The first-order valence-electron chi connectivity index (χ1n) is 9.48. The number of alkyl halides is 3. The molecule has 148 valence electrons. The molecular weight excluding hydrogens is 391 g/mol. The number of nitrogens with zero attached hydrogens (tertiary/aromatic N) is 1. The average Bonchev–Trinajstić information content (AvgIpc) is 3.18. The van der Waals surface area contributed by atoms with Crippen LogP contribution in [-0.4, -0.2) is 11.2 Å². The Morgan fingerprint density at radius 2 is 1.48 bits per heavy atom. The number of aryl methyl sites for hydroxylation is 1. The quantitative estimate of drug-likeness (QED) is 0.403. The molecule has 1 atom stereocenters. The molecule has 1 aliphatic rings. The van der Waals surface area contributed by atoms with E-state index >= 15 is 0 Å². The van der Waals surface area contributed by atoms with Crippen LogP contribution in [0.1, 0.15) is 35.6 Å². The first-order chi connectivity index (χ1) is 13.9. The number of halogens is 3. The topological polar surface area (TPSA) is 12.4 Å². The zero-order valence-electron chi connectivity index (χ0n) is 15.9. The summed E-state index contributed by atoms with van der Waals surface area (Å²) in [5.74, 6) is 0. The maximum absolute atomic E-state index is 12.5. The van der Waals surface area contributed by atoms with Gasteiger partial charge in [0.2, 0.25) is 0 Å². The fraction of sp³-hybridized carbons (Fsp3) is 0.208. The Morgan fingerprint density at radius 1 is 0.862 bits per heavy atom. The van der Waals surface area contributed by atoms with Crippen molar-refractivity contribution in [3.05, 3.63) is 89.5 Å². The van der Waals surface area contributed by atoms with Crippen molar-refractivity contribution in [1.29, 1.82) is 0 Å². The van der Waals surface area contributed by atoms with Crippen molar-refractivity contribution in [3.63, 3.8) is 0 Å². The van der Waals surface area contributed by atoms with Crippen LogP contribution in [0, 0.1) is 6.92 Å². The van der Waals surface area contributed by atoms with Crippen molar-refractivity contribution >= 4 is 17.5 Å². The highest BCUT2D eigenvalue weighted by Crippen LogP contribution is 2.38. The molecule has 0 N–H and O–H groups in total. The van der Waals surface area contributed by atoms with E-state index in [1.807, 2.05) is 24.3 Å². The van der Waals surface area contributed by atoms with Gasteiger partial charge in [-0.1, -0.05) is 60.7 Å². The minimum atomic E-state index is -4.26. The molecule has 5 heteroatoms. The van der Waals surface area contributed by atoms with Gasteiger partial charge in [0.05, 0.1) is 6.04 Å². The largest absolute Gasteiger partial charge is 0.446 e. The molecule has 1 nitrogen and oxygen atoms in total. The van der Waals surface area contributed by atoms with E-state index in [0.717, 1.165) is 29.7 Å². The Morgan fingerprint density at radius 3 is 2.10 bits per heavy atom. The molecular formula is C24H20F3NS. The molecule has 0 saturated carbocycles. The van der Waals surface area contributed by atoms with Gasteiger partial charge in [0.15, 0.2) is 0 Å². The van der Waals surface area contributed by atoms with Crippen molar-refractivity contribution in [2.45, 2.75) is 36.2 Å². The van der Waals surface area contributed by atoms with Crippen LogP contribution in [0.25, 0.3) is 11.1 Å². The molecule has 0 amide bonds. The van der Waals surface area contributed by atoms with E-state index < -0.39 is 5.51 Å². The highest BCUT2D eigenvalue weighted by atomic mass is 32.2. The smallest absolute Gasteiger partial charge is 0.281 e. The van der Waals surface area contributed by atoms with Gasteiger partial charge in [0.1, 0.15) is 0 Å². The molecule has 0 saturated heterocycles. The number of benzene rings is 3. The van der Waals surface area contributed by atoms with Crippen LogP contribution in [0.3, 0.4) is 0 Å². The van der Waals surface area contributed by atoms with E-state index in [2.05, 4.69) is 31.2 Å². The molecule has 4 rings (SSSR count). The highest BCUT2D eigenvalue weighted by molar-refractivity contribution is 8.00. The van der Waals surface area contributed by atoms with Crippen LogP contribution >= 0.6 is 11.8 Å². The van der Waals surface area contributed by atoms with E-state index in [9.17, 15) is 13.2 Å². The zero-order chi connectivity index (χ0) is 20.4.